The van der Waals surface area contributed by atoms with Crippen molar-refractivity contribution >= 4 is 5.69 Å². The molecular weight excluding hydrogens is 184 g/mol. The summed E-state index contributed by atoms with van der Waals surface area (Å²) < 4.78 is 0. The molecule has 0 unspecified atom stereocenters. The molecule has 0 aliphatic carbocycles. The van der Waals surface area contributed by atoms with E-state index < -0.39 is 0 Å². The summed E-state index contributed by atoms with van der Waals surface area (Å²) in [6, 6.07) is 3.94. The lowest BCUT2D eigenvalue weighted by molar-refractivity contribution is 1.12. The molecule has 86 valence electrons. The average molecular weight is 208 g/mol. The van der Waals surface area contributed by atoms with Crippen LogP contribution in [0.25, 0.3) is 0 Å². The Hall–Kier alpha value is -1.31. The van der Waals surface area contributed by atoms with Crippen LogP contribution in [0, 0.1) is 6.92 Å². The minimum atomic E-state index is 1.02. The zero-order valence-corrected chi connectivity index (χ0v) is 10.9. The first kappa shape index (κ1) is 16.1. The maximum Gasteiger partial charge on any atom is 0.0619 e. The summed E-state index contributed by atoms with van der Waals surface area (Å²) in [4.78, 5) is 6.11. The van der Waals surface area contributed by atoms with Gasteiger partial charge >= 0.3 is 0 Å². The Balaban J connectivity index is 0. The Labute approximate surface area is 94.7 Å². The highest BCUT2D eigenvalue weighted by atomic mass is 15.1. The predicted molar refractivity (Wildman–Crippen MR) is 70.3 cm³/mol. The lowest BCUT2D eigenvalue weighted by Gasteiger charge is -2.14. The van der Waals surface area contributed by atoms with E-state index in [-0.39, 0.29) is 0 Å². The van der Waals surface area contributed by atoms with Gasteiger partial charge in [0.05, 0.1) is 11.4 Å². The first-order chi connectivity index (χ1) is 7.25. The second-order valence-corrected chi connectivity index (χ2v) is 2.40. The molecule has 2 nitrogen and oxygen atoms in total. The van der Waals surface area contributed by atoms with Crippen LogP contribution in [0.5, 0.6) is 0 Å². The van der Waals surface area contributed by atoms with Crippen LogP contribution in [0.4, 0.5) is 5.69 Å². The summed E-state index contributed by atoms with van der Waals surface area (Å²) >= 11 is 0. The van der Waals surface area contributed by atoms with Gasteiger partial charge in [-0.1, -0.05) is 34.3 Å². The molecule has 0 saturated heterocycles. The number of anilines is 1. The van der Waals surface area contributed by atoms with Crippen molar-refractivity contribution in [2.24, 2.45) is 0 Å². The molecule has 0 aromatic carbocycles. The van der Waals surface area contributed by atoms with E-state index in [2.05, 4.69) is 11.6 Å². The van der Waals surface area contributed by atoms with Crippen molar-refractivity contribution in [3.63, 3.8) is 0 Å². The Kier molecular flexibility index (Phi) is 11.6. The van der Waals surface area contributed by atoms with Crippen LogP contribution >= 0.6 is 0 Å². The van der Waals surface area contributed by atoms with Crippen LogP contribution in [0.1, 0.15) is 33.4 Å². The molecule has 2 heteroatoms. The van der Waals surface area contributed by atoms with Gasteiger partial charge < -0.3 is 4.90 Å². The lowest BCUT2D eigenvalue weighted by atomic mass is 10.3. The first-order valence-corrected chi connectivity index (χ1v) is 5.52. The Bertz CT molecular complexity index is 256. The third-order valence-corrected chi connectivity index (χ3v) is 1.63. The van der Waals surface area contributed by atoms with E-state index in [1.165, 1.54) is 0 Å². The molecule has 0 bridgehead atoms. The van der Waals surface area contributed by atoms with Crippen molar-refractivity contribution in [3.05, 3.63) is 36.8 Å². The summed E-state index contributed by atoms with van der Waals surface area (Å²) in [5.74, 6) is 0. The quantitative estimate of drug-likeness (QED) is 0.729. The zero-order chi connectivity index (χ0) is 12.3. The van der Waals surface area contributed by atoms with Gasteiger partial charge in [0.1, 0.15) is 0 Å². The average Bonchev–Trinajstić information content (AvgIpc) is 2.34. The molecule has 0 saturated carbocycles. The Morgan fingerprint density at radius 3 is 2.20 bits per heavy atom. The van der Waals surface area contributed by atoms with Gasteiger partial charge in [0.2, 0.25) is 0 Å². The highest BCUT2D eigenvalue weighted by Crippen LogP contribution is 2.14. The normalized spacial score (nSPS) is 7.60. The van der Waals surface area contributed by atoms with Crippen molar-refractivity contribution in [2.75, 3.05) is 11.9 Å². The fourth-order valence-corrected chi connectivity index (χ4v) is 0.947. The summed E-state index contributed by atoms with van der Waals surface area (Å²) in [5, 5.41) is 0. The van der Waals surface area contributed by atoms with E-state index in [1.54, 1.807) is 12.4 Å². The second kappa shape index (κ2) is 10.8. The lowest BCUT2D eigenvalue weighted by Crippen LogP contribution is -2.08. The fraction of sp³-hybridized carbons (Fsp3) is 0.462. The van der Waals surface area contributed by atoms with Gasteiger partial charge in [0, 0.05) is 13.2 Å². The maximum atomic E-state index is 4.16. The van der Waals surface area contributed by atoms with Crippen molar-refractivity contribution in [1.29, 1.82) is 0 Å². The SMILES string of the molecule is C=CN(C)c1cccnc1C.CC.CC. The molecule has 0 fully saturated rings. The van der Waals surface area contributed by atoms with E-state index in [0.717, 1.165) is 11.4 Å². The first-order valence-electron chi connectivity index (χ1n) is 5.52. The van der Waals surface area contributed by atoms with Gasteiger partial charge in [-0.2, -0.15) is 0 Å². The van der Waals surface area contributed by atoms with E-state index in [9.17, 15) is 0 Å². The monoisotopic (exact) mass is 208 g/mol. The molecule has 0 amide bonds. The van der Waals surface area contributed by atoms with Gasteiger partial charge in [-0.05, 0) is 25.3 Å². The summed E-state index contributed by atoms with van der Waals surface area (Å²) in [7, 11) is 1.96. The molecule has 15 heavy (non-hydrogen) atoms. The zero-order valence-electron chi connectivity index (χ0n) is 10.9. The summed E-state index contributed by atoms with van der Waals surface area (Å²) in [5.41, 5.74) is 2.12. The predicted octanol–water partition coefficient (Wildman–Crippen LogP) is 4.02. The van der Waals surface area contributed by atoms with Gasteiger partial charge in [-0.25, -0.2) is 0 Å². The van der Waals surface area contributed by atoms with Crippen molar-refractivity contribution in [2.45, 2.75) is 34.6 Å². The number of hydrogen-bond donors (Lipinski definition) is 0. The molecule has 0 aliphatic rings. The molecule has 1 rings (SSSR count). The van der Waals surface area contributed by atoms with Crippen molar-refractivity contribution in [3.8, 4) is 0 Å². The third-order valence-electron chi connectivity index (χ3n) is 1.63. The van der Waals surface area contributed by atoms with Crippen LogP contribution in [0.3, 0.4) is 0 Å². The third kappa shape index (κ3) is 5.89. The number of nitrogens with zero attached hydrogens (tertiary/aromatic N) is 2. The van der Waals surface area contributed by atoms with Gasteiger partial charge in [-0.3, -0.25) is 4.98 Å². The van der Waals surface area contributed by atoms with E-state index in [4.69, 9.17) is 0 Å². The largest absolute Gasteiger partial charge is 0.350 e. The molecule has 1 aromatic rings. The smallest absolute Gasteiger partial charge is 0.0619 e. The van der Waals surface area contributed by atoms with E-state index in [1.807, 2.05) is 58.7 Å². The standard InChI is InChI=1S/C9H12N2.2C2H6/c1-4-11(3)9-6-5-7-10-8(9)2;2*1-2/h4-7H,1H2,2-3H3;2*1-2H3. The minimum Gasteiger partial charge on any atom is -0.350 e. The van der Waals surface area contributed by atoms with Crippen LogP contribution in [0.15, 0.2) is 31.1 Å². The number of aromatic nitrogens is 1. The molecule has 0 spiro atoms. The number of aryl methyl sites for hydroxylation is 1. The molecule has 1 heterocycles. The number of hydrogen-bond acceptors (Lipinski definition) is 2. The Morgan fingerprint density at radius 2 is 1.80 bits per heavy atom. The second-order valence-electron chi connectivity index (χ2n) is 2.40. The highest BCUT2D eigenvalue weighted by molar-refractivity contribution is 5.50. The molecule has 0 atom stereocenters. The van der Waals surface area contributed by atoms with Crippen LogP contribution in [-0.4, -0.2) is 12.0 Å². The maximum absolute atomic E-state index is 4.16. The Morgan fingerprint density at radius 1 is 1.27 bits per heavy atom. The fourth-order valence-electron chi connectivity index (χ4n) is 0.947. The van der Waals surface area contributed by atoms with Gasteiger partial charge in [0.25, 0.3) is 0 Å². The molecule has 0 aliphatic heterocycles. The molecule has 1 aromatic heterocycles. The molecule has 0 N–H and O–H groups in total. The highest BCUT2D eigenvalue weighted by Gasteiger charge is 1.98. The summed E-state index contributed by atoms with van der Waals surface area (Å²) in [6.45, 7) is 13.7. The van der Waals surface area contributed by atoms with Crippen molar-refractivity contribution in [1.82, 2.24) is 4.98 Å². The van der Waals surface area contributed by atoms with E-state index >= 15 is 0 Å². The van der Waals surface area contributed by atoms with Crippen LogP contribution in [0.2, 0.25) is 0 Å². The number of pyridine rings is 1. The molecular formula is C13H24N2. The topological polar surface area (TPSA) is 16.1 Å². The molecule has 0 radical (unpaired) electrons. The minimum absolute atomic E-state index is 1.02. The summed E-state index contributed by atoms with van der Waals surface area (Å²) in [6.07, 6.45) is 3.56. The van der Waals surface area contributed by atoms with Crippen molar-refractivity contribution < 1.29 is 0 Å². The van der Waals surface area contributed by atoms with Crippen LogP contribution < -0.4 is 4.90 Å². The van der Waals surface area contributed by atoms with Crippen LogP contribution in [-0.2, 0) is 0 Å². The van der Waals surface area contributed by atoms with Gasteiger partial charge in [0.15, 0.2) is 0 Å². The van der Waals surface area contributed by atoms with Gasteiger partial charge in [-0.15, -0.1) is 0 Å². The number of rotatable bonds is 2. The van der Waals surface area contributed by atoms with E-state index in [0.29, 0.717) is 0 Å².